The molecule has 0 saturated heterocycles. The number of carbonyl (C=O) groups is 2. The number of esters is 1. The van der Waals surface area contributed by atoms with E-state index in [-0.39, 0.29) is 17.8 Å². The summed E-state index contributed by atoms with van der Waals surface area (Å²) in [5, 5.41) is 4.38. The number of nitrogens with zero attached hydrogens (tertiary/aromatic N) is 2. The van der Waals surface area contributed by atoms with Crippen LogP contribution in [0, 0.1) is 13.8 Å². The molecule has 168 valence electrons. The Bertz CT molecular complexity index is 1510. The van der Waals surface area contributed by atoms with Crippen molar-refractivity contribution in [2.75, 3.05) is 12.4 Å². The van der Waals surface area contributed by atoms with Crippen LogP contribution >= 0.6 is 11.3 Å². The molecule has 33 heavy (non-hydrogen) atoms. The van der Waals surface area contributed by atoms with E-state index in [2.05, 4.69) is 5.32 Å². The Morgan fingerprint density at radius 3 is 2.58 bits per heavy atom. The van der Waals surface area contributed by atoms with Gasteiger partial charge in [0.2, 0.25) is 5.91 Å². The molecule has 0 atom stereocenters. The van der Waals surface area contributed by atoms with Gasteiger partial charge >= 0.3 is 11.7 Å². The maximum absolute atomic E-state index is 13.5. The monoisotopic (exact) mass is 463 g/mol. The maximum atomic E-state index is 13.5. The molecule has 0 saturated carbocycles. The highest BCUT2D eigenvalue weighted by atomic mass is 32.1. The third kappa shape index (κ3) is 4.10. The molecule has 0 fully saturated rings. The zero-order chi connectivity index (χ0) is 23.7. The van der Waals surface area contributed by atoms with Crippen LogP contribution in [0.25, 0.3) is 15.9 Å². The van der Waals surface area contributed by atoms with Crippen LogP contribution in [0.4, 0.5) is 5.69 Å². The molecule has 2 aromatic heterocycles. The van der Waals surface area contributed by atoms with Gasteiger partial charge in [-0.2, -0.15) is 0 Å². The smallest absolute Gasteiger partial charge is 0.339 e. The summed E-state index contributed by atoms with van der Waals surface area (Å²) in [6.07, 6.45) is 0. The van der Waals surface area contributed by atoms with Gasteiger partial charge in [0.15, 0.2) is 0 Å². The van der Waals surface area contributed by atoms with Crippen LogP contribution in [-0.2, 0) is 16.1 Å². The molecule has 4 rings (SSSR count). The number of aryl methyl sites for hydroxylation is 2. The molecule has 2 heterocycles. The van der Waals surface area contributed by atoms with Crippen LogP contribution in [0.1, 0.15) is 21.5 Å². The summed E-state index contributed by atoms with van der Waals surface area (Å²) in [5.41, 5.74) is 1.95. The Morgan fingerprint density at radius 1 is 1.06 bits per heavy atom. The van der Waals surface area contributed by atoms with Gasteiger partial charge in [0.25, 0.3) is 5.56 Å². The summed E-state index contributed by atoms with van der Waals surface area (Å²) in [7, 11) is 1.25. The molecule has 0 aliphatic rings. The molecule has 8 nitrogen and oxygen atoms in total. The van der Waals surface area contributed by atoms with Gasteiger partial charge < -0.3 is 10.1 Å². The van der Waals surface area contributed by atoms with Crippen LogP contribution in [0.2, 0.25) is 0 Å². The van der Waals surface area contributed by atoms with E-state index in [1.165, 1.54) is 29.1 Å². The number of para-hydroxylation sites is 1. The topological polar surface area (TPSA) is 99.4 Å². The second-order valence-corrected chi connectivity index (χ2v) is 8.44. The van der Waals surface area contributed by atoms with E-state index in [0.717, 1.165) is 15.7 Å². The third-order valence-electron chi connectivity index (χ3n) is 5.27. The lowest BCUT2D eigenvalue weighted by molar-refractivity contribution is -0.116. The van der Waals surface area contributed by atoms with E-state index in [0.29, 0.717) is 15.9 Å². The maximum Gasteiger partial charge on any atom is 0.339 e. The van der Waals surface area contributed by atoms with Crippen LogP contribution in [-0.4, -0.2) is 28.1 Å². The van der Waals surface area contributed by atoms with E-state index in [9.17, 15) is 19.2 Å². The first-order valence-electron chi connectivity index (χ1n) is 10.1. The zero-order valence-corrected chi connectivity index (χ0v) is 19.1. The molecular weight excluding hydrogens is 442 g/mol. The summed E-state index contributed by atoms with van der Waals surface area (Å²) >= 11 is 1.21. The van der Waals surface area contributed by atoms with Crippen LogP contribution in [0.15, 0.2) is 63.5 Å². The van der Waals surface area contributed by atoms with Crippen molar-refractivity contribution in [3.05, 3.63) is 91.4 Å². The number of hydrogen-bond donors (Lipinski definition) is 1. The normalized spacial score (nSPS) is 10.9. The Hall–Kier alpha value is -3.98. The lowest BCUT2D eigenvalue weighted by Gasteiger charge is -2.15. The predicted octanol–water partition coefficient (Wildman–Crippen LogP) is 3.26. The van der Waals surface area contributed by atoms with Crippen molar-refractivity contribution in [1.82, 2.24) is 9.13 Å². The largest absolute Gasteiger partial charge is 0.465 e. The average molecular weight is 464 g/mol. The van der Waals surface area contributed by atoms with Crippen molar-refractivity contribution in [2.24, 2.45) is 0 Å². The van der Waals surface area contributed by atoms with Gasteiger partial charge in [0.1, 0.15) is 11.2 Å². The summed E-state index contributed by atoms with van der Waals surface area (Å²) in [6.45, 7) is 3.36. The number of ether oxygens (including phenoxy) is 1. The van der Waals surface area contributed by atoms with Crippen LogP contribution in [0.3, 0.4) is 0 Å². The highest BCUT2D eigenvalue weighted by molar-refractivity contribution is 7.17. The van der Waals surface area contributed by atoms with Gasteiger partial charge in [-0.05, 0) is 54.6 Å². The quantitative estimate of drug-likeness (QED) is 0.458. The average Bonchev–Trinajstić information content (AvgIpc) is 3.29. The van der Waals surface area contributed by atoms with Gasteiger partial charge in [-0.15, -0.1) is 11.3 Å². The van der Waals surface area contributed by atoms with Crippen molar-refractivity contribution in [3.63, 3.8) is 0 Å². The lowest BCUT2D eigenvalue weighted by Crippen LogP contribution is -2.40. The number of benzene rings is 2. The standard InChI is InChI=1S/C24H21N3O5S/c1-14-8-9-15(2)19(12-14)27-22(29)21-18(10-11-33-21)26(24(27)31)13-20(28)25-17-7-5-4-6-16(17)23(30)32-3/h4-12H,13H2,1-3H3,(H,25,28). The number of hydrogen-bond acceptors (Lipinski definition) is 6. The molecule has 0 spiro atoms. The van der Waals surface area contributed by atoms with E-state index >= 15 is 0 Å². The Morgan fingerprint density at radius 2 is 1.82 bits per heavy atom. The molecule has 0 bridgehead atoms. The first-order chi connectivity index (χ1) is 15.8. The number of methoxy groups -OCH3 is 1. The van der Waals surface area contributed by atoms with E-state index in [1.54, 1.807) is 35.7 Å². The summed E-state index contributed by atoms with van der Waals surface area (Å²) < 4.78 is 7.51. The van der Waals surface area contributed by atoms with Crippen molar-refractivity contribution in [2.45, 2.75) is 20.4 Å². The first-order valence-corrected chi connectivity index (χ1v) is 11.0. The minimum absolute atomic E-state index is 0.196. The number of nitrogens with one attached hydrogen (secondary N) is 1. The minimum atomic E-state index is -0.615. The number of aromatic nitrogens is 2. The fourth-order valence-electron chi connectivity index (χ4n) is 3.63. The SMILES string of the molecule is COC(=O)c1ccccc1NC(=O)Cn1c(=O)n(-c2cc(C)ccc2C)c(=O)c2sccc21. The number of rotatable bonds is 5. The summed E-state index contributed by atoms with van der Waals surface area (Å²) in [6, 6.07) is 13.6. The van der Waals surface area contributed by atoms with Gasteiger partial charge in [0.05, 0.1) is 29.6 Å². The highest BCUT2D eigenvalue weighted by Crippen LogP contribution is 2.20. The Balaban J connectivity index is 1.80. The number of thiophene rings is 1. The molecule has 9 heteroatoms. The number of amides is 1. The zero-order valence-electron chi connectivity index (χ0n) is 18.2. The van der Waals surface area contributed by atoms with Crippen LogP contribution < -0.4 is 16.6 Å². The van der Waals surface area contributed by atoms with Crippen molar-refractivity contribution < 1.29 is 14.3 Å². The minimum Gasteiger partial charge on any atom is -0.465 e. The van der Waals surface area contributed by atoms with Crippen LogP contribution in [0.5, 0.6) is 0 Å². The number of anilines is 1. The van der Waals surface area contributed by atoms with Gasteiger partial charge in [-0.1, -0.05) is 24.3 Å². The van der Waals surface area contributed by atoms with Crippen molar-refractivity contribution in [1.29, 1.82) is 0 Å². The third-order valence-corrected chi connectivity index (χ3v) is 6.16. The molecule has 0 aliphatic carbocycles. The fourth-order valence-corrected chi connectivity index (χ4v) is 4.45. The Kier molecular flexibility index (Phi) is 5.97. The lowest BCUT2D eigenvalue weighted by atomic mass is 10.1. The predicted molar refractivity (Wildman–Crippen MR) is 128 cm³/mol. The van der Waals surface area contributed by atoms with Crippen molar-refractivity contribution >= 4 is 39.1 Å². The fraction of sp³-hybridized carbons (Fsp3) is 0.167. The van der Waals surface area contributed by atoms with E-state index in [4.69, 9.17) is 4.74 Å². The number of fused-ring (bicyclic) bond motifs is 1. The molecule has 4 aromatic rings. The molecule has 1 amide bonds. The second kappa shape index (κ2) is 8.87. The molecule has 1 N–H and O–H groups in total. The van der Waals surface area contributed by atoms with Gasteiger partial charge in [-0.25, -0.2) is 14.2 Å². The molecular formula is C24H21N3O5S. The molecule has 2 aromatic carbocycles. The molecule has 0 radical (unpaired) electrons. The molecule has 0 aliphatic heterocycles. The summed E-state index contributed by atoms with van der Waals surface area (Å²) in [4.78, 5) is 51.5. The summed E-state index contributed by atoms with van der Waals surface area (Å²) in [5.74, 6) is -1.11. The van der Waals surface area contributed by atoms with Gasteiger partial charge in [-0.3, -0.25) is 14.2 Å². The van der Waals surface area contributed by atoms with Crippen molar-refractivity contribution in [3.8, 4) is 5.69 Å². The highest BCUT2D eigenvalue weighted by Gasteiger charge is 2.20. The number of carbonyl (C=O) groups excluding carboxylic acids is 2. The van der Waals surface area contributed by atoms with E-state index < -0.39 is 23.1 Å². The first kappa shape index (κ1) is 22.2. The Labute approximate surface area is 192 Å². The molecule has 0 unspecified atom stereocenters. The van der Waals surface area contributed by atoms with E-state index in [1.807, 2.05) is 26.0 Å². The van der Waals surface area contributed by atoms with Gasteiger partial charge in [0, 0.05) is 0 Å². The second-order valence-electron chi connectivity index (χ2n) is 7.52.